The van der Waals surface area contributed by atoms with Crippen molar-refractivity contribution in [1.29, 1.82) is 0 Å². The van der Waals surface area contributed by atoms with Crippen LogP contribution in [0.4, 0.5) is 0 Å². The standard InChI is InChI=1S/C17H16N2O/c1-11-8-14(9-12(2)17(11)20)16-15(18-10-19-16)13-6-4-3-5-7-13/h3-10,20H,1-2H3,(H,18,19). The van der Waals surface area contributed by atoms with Gasteiger partial charge in [-0.3, -0.25) is 0 Å². The fourth-order valence-electron chi connectivity index (χ4n) is 2.43. The van der Waals surface area contributed by atoms with Crippen LogP contribution in [0.25, 0.3) is 22.5 Å². The predicted octanol–water partition coefficient (Wildman–Crippen LogP) is 4.07. The van der Waals surface area contributed by atoms with Crippen molar-refractivity contribution < 1.29 is 5.11 Å². The number of hydrogen-bond acceptors (Lipinski definition) is 2. The maximum absolute atomic E-state index is 9.89. The highest BCUT2D eigenvalue weighted by Crippen LogP contribution is 2.33. The summed E-state index contributed by atoms with van der Waals surface area (Å²) < 4.78 is 0. The molecule has 1 heterocycles. The summed E-state index contributed by atoms with van der Waals surface area (Å²) in [5, 5.41) is 9.89. The summed E-state index contributed by atoms with van der Waals surface area (Å²) in [4.78, 5) is 7.64. The number of aromatic hydroxyl groups is 1. The number of benzene rings is 2. The first kappa shape index (κ1) is 12.5. The molecule has 3 rings (SSSR count). The van der Waals surface area contributed by atoms with Gasteiger partial charge >= 0.3 is 0 Å². The summed E-state index contributed by atoms with van der Waals surface area (Å²) in [5.74, 6) is 0.352. The molecule has 0 unspecified atom stereocenters. The van der Waals surface area contributed by atoms with Crippen molar-refractivity contribution in [3.8, 4) is 28.3 Å². The van der Waals surface area contributed by atoms with Gasteiger partial charge < -0.3 is 10.1 Å². The van der Waals surface area contributed by atoms with Crippen LogP contribution in [0.5, 0.6) is 5.75 Å². The molecule has 2 aromatic carbocycles. The van der Waals surface area contributed by atoms with E-state index in [2.05, 4.69) is 22.1 Å². The Bertz CT molecular complexity index is 722. The minimum atomic E-state index is 0.352. The van der Waals surface area contributed by atoms with Crippen LogP contribution in [-0.4, -0.2) is 15.1 Å². The van der Waals surface area contributed by atoms with Gasteiger partial charge in [0.2, 0.25) is 0 Å². The molecular weight excluding hydrogens is 248 g/mol. The van der Waals surface area contributed by atoms with Crippen LogP contribution in [0.15, 0.2) is 48.8 Å². The molecular formula is C17H16N2O. The van der Waals surface area contributed by atoms with Gasteiger partial charge in [0.05, 0.1) is 17.7 Å². The van der Waals surface area contributed by atoms with E-state index in [0.717, 1.165) is 33.6 Å². The molecule has 100 valence electrons. The highest BCUT2D eigenvalue weighted by atomic mass is 16.3. The zero-order valence-electron chi connectivity index (χ0n) is 11.5. The summed E-state index contributed by atoms with van der Waals surface area (Å²) >= 11 is 0. The Kier molecular flexibility index (Phi) is 3.03. The number of phenolic OH excluding ortho intramolecular Hbond substituents is 1. The van der Waals surface area contributed by atoms with Crippen LogP contribution in [0.2, 0.25) is 0 Å². The molecule has 0 aliphatic rings. The van der Waals surface area contributed by atoms with Crippen molar-refractivity contribution in [3.05, 3.63) is 59.9 Å². The van der Waals surface area contributed by atoms with Crippen molar-refractivity contribution in [1.82, 2.24) is 9.97 Å². The maximum Gasteiger partial charge on any atom is 0.121 e. The normalized spacial score (nSPS) is 10.7. The number of nitrogens with zero attached hydrogens (tertiary/aromatic N) is 1. The number of phenols is 1. The highest BCUT2D eigenvalue weighted by molar-refractivity contribution is 5.79. The quantitative estimate of drug-likeness (QED) is 0.733. The smallest absolute Gasteiger partial charge is 0.121 e. The molecule has 1 aromatic heterocycles. The average Bonchev–Trinajstić information content (AvgIpc) is 2.94. The largest absolute Gasteiger partial charge is 0.507 e. The molecule has 0 fully saturated rings. The van der Waals surface area contributed by atoms with E-state index in [-0.39, 0.29) is 0 Å². The molecule has 0 saturated heterocycles. The number of aromatic nitrogens is 2. The fourth-order valence-corrected chi connectivity index (χ4v) is 2.43. The Morgan fingerprint density at radius 1 is 0.950 bits per heavy atom. The van der Waals surface area contributed by atoms with E-state index >= 15 is 0 Å². The maximum atomic E-state index is 9.89. The zero-order chi connectivity index (χ0) is 14.1. The molecule has 0 radical (unpaired) electrons. The number of nitrogens with one attached hydrogen (secondary N) is 1. The number of imidazole rings is 1. The van der Waals surface area contributed by atoms with Gasteiger partial charge in [0.1, 0.15) is 5.75 Å². The molecule has 0 bridgehead atoms. The molecule has 0 amide bonds. The van der Waals surface area contributed by atoms with Gasteiger partial charge in [0, 0.05) is 11.1 Å². The first-order chi connectivity index (χ1) is 9.66. The molecule has 0 aliphatic heterocycles. The Morgan fingerprint density at radius 3 is 2.25 bits per heavy atom. The van der Waals surface area contributed by atoms with E-state index in [1.807, 2.05) is 44.2 Å². The van der Waals surface area contributed by atoms with Crippen LogP contribution in [0, 0.1) is 13.8 Å². The molecule has 20 heavy (non-hydrogen) atoms. The van der Waals surface area contributed by atoms with Crippen LogP contribution in [-0.2, 0) is 0 Å². The van der Waals surface area contributed by atoms with Gasteiger partial charge in [-0.05, 0) is 37.1 Å². The van der Waals surface area contributed by atoms with Gasteiger partial charge in [0.25, 0.3) is 0 Å². The van der Waals surface area contributed by atoms with E-state index in [9.17, 15) is 5.11 Å². The second-order valence-corrected chi connectivity index (χ2v) is 4.95. The topological polar surface area (TPSA) is 48.9 Å². The second-order valence-electron chi connectivity index (χ2n) is 4.95. The van der Waals surface area contributed by atoms with Crippen LogP contribution < -0.4 is 0 Å². The summed E-state index contributed by atoms with van der Waals surface area (Å²) in [6, 6.07) is 14.0. The Balaban J connectivity index is 2.15. The monoisotopic (exact) mass is 264 g/mol. The van der Waals surface area contributed by atoms with Crippen molar-refractivity contribution in [3.63, 3.8) is 0 Å². The molecule has 2 N–H and O–H groups in total. The lowest BCUT2D eigenvalue weighted by molar-refractivity contribution is 0.467. The average molecular weight is 264 g/mol. The Morgan fingerprint density at radius 2 is 1.60 bits per heavy atom. The highest BCUT2D eigenvalue weighted by Gasteiger charge is 2.12. The first-order valence-corrected chi connectivity index (χ1v) is 6.56. The van der Waals surface area contributed by atoms with E-state index in [1.165, 1.54) is 0 Å². The third-order valence-electron chi connectivity index (χ3n) is 3.47. The lowest BCUT2D eigenvalue weighted by Crippen LogP contribution is -1.88. The van der Waals surface area contributed by atoms with Gasteiger partial charge in [-0.25, -0.2) is 4.98 Å². The number of aryl methyl sites for hydroxylation is 2. The predicted molar refractivity (Wildman–Crippen MR) is 80.6 cm³/mol. The van der Waals surface area contributed by atoms with Crippen molar-refractivity contribution >= 4 is 0 Å². The molecule has 3 aromatic rings. The summed E-state index contributed by atoms with van der Waals surface area (Å²) in [6.07, 6.45) is 1.70. The van der Waals surface area contributed by atoms with Gasteiger partial charge in [0.15, 0.2) is 0 Å². The third-order valence-corrected chi connectivity index (χ3v) is 3.47. The number of aromatic amines is 1. The lowest BCUT2D eigenvalue weighted by Gasteiger charge is -2.08. The third kappa shape index (κ3) is 2.07. The number of H-pyrrole nitrogens is 1. The zero-order valence-corrected chi connectivity index (χ0v) is 11.5. The van der Waals surface area contributed by atoms with Gasteiger partial charge in [-0.2, -0.15) is 0 Å². The molecule has 0 atom stereocenters. The summed E-state index contributed by atoms with van der Waals surface area (Å²) in [7, 11) is 0. The van der Waals surface area contributed by atoms with E-state index in [1.54, 1.807) is 6.33 Å². The van der Waals surface area contributed by atoms with E-state index in [0.29, 0.717) is 5.75 Å². The Hall–Kier alpha value is -2.55. The summed E-state index contributed by atoms with van der Waals surface area (Å²) in [5.41, 5.74) is 5.74. The molecule has 3 heteroatoms. The summed E-state index contributed by atoms with van der Waals surface area (Å²) in [6.45, 7) is 3.81. The van der Waals surface area contributed by atoms with Crippen LogP contribution >= 0.6 is 0 Å². The minimum Gasteiger partial charge on any atom is -0.507 e. The Labute approximate surface area is 117 Å². The SMILES string of the molecule is Cc1cc(-c2nc[nH]c2-c2ccccc2)cc(C)c1O. The molecule has 0 spiro atoms. The fraction of sp³-hybridized carbons (Fsp3) is 0.118. The minimum absolute atomic E-state index is 0.352. The molecule has 3 nitrogen and oxygen atoms in total. The van der Waals surface area contributed by atoms with Gasteiger partial charge in [-0.15, -0.1) is 0 Å². The van der Waals surface area contributed by atoms with E-state index in [4.69, 9.17) is 0 Å². The van der Waals surface area contributed by atoms with E-state index < -0.39 is 0 Å². The number of hydrogen-bond donors (Lipinski definition) is 2. The van der Waals surface area contributed by atoms with Crippen molar-refractivity contribution in [2.75, 3.05) is 0 Å². The number of rotatable bonds is 2. The molecule has 0 saturated carbocycles. The van der Waals surface area contributed by atoms with Crippen LogP contribution in [0.1, 0.15) is 11.1 Å². The van der Waals surface area contributed by atoms with Crippen molar-refractivity contribution in [2.45, 2.75) is 13.8 Å². The lowest BCUT2D eigenvalue weighted by atomic mass is 10.0. The first-order valence-electron chi connectivity index (χ1n) is 6.56. The van der Waals surface area contributed by atoms with Crippen molar-refractivity contribution in [2.24, 2.45) is 0 Å². The van der Waals surface area contributed by atoms with Gasteiger partial charge in [-0.1, -0.05) is 30.3 Å². The molecule has 0 aliphatic carbocycles. The second kappa shape index (κ2) is 4.85. The van der Waals surface area contributed by atoms with Crippen LogP contribution in [0.3, 0.4) is 0 Å².